The van der Waals surface area contributed by atoms with E-state index in [1.165, 1.54) is 20.9 Å². The van der Waals surface area contributed by atoms with Crippen molar-refractivity contribution in [3.05, 3.63) is 24.3 Å². The Balaban J connectivity index is 3.07. The van der Waals surface area contributed by atoms with Gasteiger partial charge < -0.3 is 9.84 Å². The fourth-order valence-corrected chi connectivity index (χ4v) is 3.00. The lowest BCUT2D eigenvalue weighted by molar-refractivity contribution is -0.274. The highest BCUT2D eigenvalue weighted by molar-refractivity contribution is 7.89. The molecular formula is C12H16F3NO4S. The topological polar surface area (TPSA) is 66.8 Å². The molecule has 5 nitrogen and oxygen atoms in total. The zero-order chi connectivity index (χ0) is 16.5. The first-order valence-electron chi connectivity index (χ1n) is 5.86. The van der Waals surface area contributed by atoms with Crippen molar-refractivity contribution >= 4 is 10.0 Å². The molecule has 9 heteroatoms. The third-order valence-corrected chi connectivity index (χ3v) is 4.16. The van der Waals surface area contributed by atoms with Gasteiger partial charge >= 0.3 is 6.36 Å². The molecule has 0 aliphatic heterocycles. The maximum atomic E-state index is 12.2. The number of rotatable bonds is 5. The number of sulfonamides is 1. The molecule has 0 spiro atoms. The van der Waals surface area contributed by atoms with E-state index in [1.807, 2.05) is 0 Å². The second kappa shape index (κ2) is 5.82. The first-order chi connectivity index (χ1) is 9.31. The molecule has 0 fully saturated rings. The zero-order valence-corrected chi connectivity index (χ0v) is 12.5. The lowest BCUT2D eigenvalue weighted by atomic mass is 10.1. The van der Waals surface area contributed by atoms with E-state index in [2.05, 4.69) is 4.74 Å². The van der Waals surface area contributed by atoms with Gasteiger partial charge in [-0.3, -0.25) is 0 Å². The first kappa shape index (κ1) is 17.7. The third kappa shape index (κ3) is 5.52. The van der Waals surface area contributed by atoms with Crippen LogP contribution in [-0.4, -0.2) is 43.4 Å². The Morgan fingerprint density at radius 2 is 1.86 bits per heavy atom. The molecule has 0 aliphatic carbocycles. The quantitative estimate of drug-likeness (QED) is 0.898. The minimum Gasteiger partial charge on any atom is -0.406 e. The van der Waals surface area contributed by atoms with Crippen molar-refractivity contribution in [3.8, 4) is 5.75 Å². The molecule has 1 aromatic rings. The Morgan fingerprint density at radius 1 is 1.29 bits per heavy atom. The van der Waals surface area contributed by atoms with Crippen LogP contribution in [0.5, 0.6) is 5.75 Å². The predicted molar refractivity (Wildman–Crippen MR) is 69.2 cm³/mol. The van der Waals surface area contributed by atoms with Gasteiger partial charge in [-0.1, -0.05) is 6.07 Å². The van der Waals surface area contributed by atoms with Gasteiger partial charge in [0, 0.05) is 19.7 Å². The normalized spacial score (nSPS) is 13.5. The van der Waals surface area contributed by atoms with Gasteiger partial charge in [-0.15, -0.1) is 13.2 Å². The van der Waals surface area contributed by atoms with Crippen LogP contribution in [0.3, 0.4) is 0 Å². The number of nitrogens with zero attached hydrogens (tertiary/aromatic N) is 1. The van der Waals surface area contributed by atoms with Gasteiger partial charge in [0.1, 0.15) is 5.75 Å². The van der Waals surface area contributed by atoms with Gasteiger partial charge in [0.25, 0.3) is 0 Å². The average molecular weight is 327 g/mol. The van der Waals surface area contributed by atoms with Crippen molar-refractivity contribution in [2.24, 2.45) is 0 Å². The smallest absolute Gasteiger partial charge is 0.406 e. The van der Waals surface area contributed by atoms with Crippen molar-refractivity contribution in [3.63, 3.8) is 0 Å². The monoisotopic (exact) mass is 327 g/mol. The summed E-state index contributed by atoms with van der Waals surface area (Å²) in [6.45, 7) is 2.63. The fraction of sp³-hybridized carbons (Fsp3) is 0.500. The number of benzene rings is 1. The highest BCUT2D eigenvalue weighted by Gasteiger charge is 2.32. The van der Waals surface area contributed by atoms with Crippen LogP contribution < -0.4 is 4.74 Å². The molecule has 21 heavy (non-hydrogen) atoms. The van der Waals surface area contributed by atoms with Crippen molar-refractivity contribution in [1.29, 1.82) is 0 Å². The lowest BCUT2D eigenvalue weighted by Gasteiger charge is -2.25. The van der Waals surface area contributed by atoms with Crippen molar-refractivity contribution < 1.29 is 31.4 Å². The van der Waals surface area contributed by atoms with Gasteiger partial charge in [-0.2, -0.15) is 4.31 Å². The Morgan fingerprint density at radius 3 is 2.33 bits per heavy atom. The number of likely N-dealkylation sites (N-methyl/N-ethyl adjacent to an activating group) is 1. The van der Waals surface area contributed by atoms with Gasteiger partial charge in [0.2, 0.25) is 10.0 Å². The summed E-state index contributed by atoms with van der Waals surface area (Å²) in [4.78, 5) is -0.351. The number of hydrogen-bond acceptors (Lipinski definition) is 4. The lowest BCUT2D eigenvalue weighted by Crippen LogP contribution is -2.39. The number of halogens is 3. The molecule has 1 aromatic carbocycles. The second-order valence-corrected chi connectivity index (χ2v) is 7.14. The SMILES string of the molecule is CN(CC(C)(C)O)S(=O)(=O)c1cccc(OC(F)(F)F)c1. The highest BCUT2D eigenvalue weighted by Crippen LogP contribution is 2.26. The van der Waals surface area contributed by atoms with Crippen LogP contribution in [0.25, 0.3) is 0 Å². The predicted octanol–water partition coefficient (Wildman–Crippen LogP) is 1.98. The van der Waals surface area contributed by atoms with Crippen molar-refractivity contribution in [2.45, 2.75) is 30.7 Å². The number of hydrogen-bond donors (Lipinski definition) is 1. The minimum atomic E-state index is -4.90. The molecule has 1 N–H and O–H groups in total. The molecule has 0 aliphatic rings. The van der Waals surface area contributed by atoms with E-state index >= 15 is 0 Å². The molecular weight excluding hydrogens is 311 g/mol. The molecule has 0 unspecified atom stereocenters. The Kier molecular flexibility index (Phi) is 4.91. The molecule has 1 rings (SSSR count). The van der Waals surface area contributed by atoms with E-state index in [9.17, 15) is 26.7 Å². The maximum absolute atomic E-state index is 12.2. The minimum absolute atomic E-state index is 0.209. The van der Waals surface area contributed by atoms with Crippen LogP contribution in [0.2, 0.25) is 0 Å². The Bertz CT molecular complexity index is 593. The van der Waals surface area contributed by atoms with Crippen LogP contribution in [0, 0.1) is 0 Å². The molecule has 0 radical (unpaired) electrons. The van der Waals surface area contributed by atoms with Crippen LogP contribution >= 0.6 is 0 Å². The van der Waals surface area contributed by atoms with Crippen molar-refractivity contribution in [1.82, 2.24) is 4.31 Å². The van der Waals surface area contributed by atoms with Gasteiger partial charge in [-0.05, 0) is 26.0 Å². The maximum Gasteiger partial charge on any atom is 0.573 e. The molecule has 120 valence electrons. The summed E-state index contributed by atoms with van der Waals surface area (Å²) in [6, 6.07) is 4.08. The van der Waals surface area contributed by atoms with Gasteiger partial charge in [-0.25, -0.2) is 8.42 Å². The van der Waals surface area contributed by atoms with Crippen LogP contribution in [0.4, 0.5) is 13.2 Å². The van der Waals surface area contributed by atoms with E-state index in [4.69, 9.17) is 0 Å². The summed E-state index contributed by atoms with van der Waals surface area (Å²) in [6.07, 6.45) is -4.90. The average Bonchev–Trinajstić information content (AvgIpc) is 2.24. The summed E-state index contributed by atoms with van der Waals surface area (Å²) >= 11 is 0. The van der Waals surface area contributed by atoms with E-state index in [-0.39, 0.29) is 11.4 Å². The summed E-state index contributed by atoms with van der Waals surface area (Å²) < 4.78 is 65.4. The number of ether oxygens (including phenoxy) is 1. The fourth-order valence-electron chi connectivity index (χ4n) is 1.64. The highest BCUT2D eigenvalue weighted by atomic mass is 32.2. The van der Waals surface area contributed by atoms with E-state index in [0.717, 1.165) is 28.6 Å². The van der Waals surface area contributed by atoms with Crippen LogP contribution in [0.15, 0.2) is 29.2 Å². The molecule has 0 heterocycles. The zero-order valence-electron chi connectivity index (χ0n) is 11.7. The van der Waals surface area contributed by atoms with Crippen LogP contribution in [-0.2, 0) is 10.0 Å². The van der Waals surface area contributed by atoms with Crippen molar-refractivity contribution in [2.75, 3.05) is 13.6 Å². The van der Waals surface area contributed by atoms with E-state index < -0.39 is 27.7 Å². The molecule has 0 saturated carbocycles. The molecule has 0 bridgehead atoms. The molecule has 0 saturated heterocycles. The van der Waals surface area contributed by atoms with Gasteiger partial charge in [0.05, 0.1) is 10.5 Å². The Labute approximate surface area is 121 Å². The number of aliphatic hydroxyl groups is 1. The third-order valence-electron chi connectivity index (χ3n) is 2.36. The number of alkyl halides is 3. The molecule has 0 amide bonds. The summed E-state index contributed by atoms with van der Waals surface area (Å²) in [5.74, 6) is -0.625. The largest absolute Gasteiger partial charge is 0.573 e. The standard InChI is InChI=1S/C12H16F3NO4S/c1-11(2,17)8-16(3)21(18,19)10-6-4-5-9(7-10)20-12(13,14)15/h4-7,17H,8H2,1-3H3. The summed E-state index contributed by atoms with van der Waals surface area (Å²) in [5, 5.41) is 9.63. The summed E-state index contributed by atoms with van der Waals surface area (Å²) in [5.41, 5.74) is -1.28. The first-order valence-corrected chi connectivity index (χ1v) is 7.30. The van der Waals surface area contributed by atoms with E-state index in [1.54, 1.807) is 0 Å². The molecule has 0 aromatic heterocycles. The van der Waals surface area contributed by atoms with E-state index in [0.29, 0.717) is 0 Å². The summed E-state index contributed by atoms with van der Waals surface area (Å²) in [7, 11) is -2.80. The van der Waals surface area contributed by atoms with Crippen LogP contribution in [0.1, 0.15) is 13.8 Å². The second-order valence-electron chi connectivity index (χ2n) is 5.10. The molecule has 0 atom stereocenters. The van der Waals surface area contributed by atoms with Gasteiger partial charge in [0.15, 0.2) is 0 Å². The Hall–Kier alpha value is -1.32.